The Morgan fingerprint density at radius 2 is 1.60 bits per heavy atom. The van der Waals surface area contributed by atoms with Gasteiger partial charge in [-0.1, -0.05) is 68.4 Å². The van der Waals surface area contributed by atoms with Crippen LogP contribution in [0.2, 0.25) is 0 Å². The molecule has 0 fully saturated rings. The van der Waals surface area contributed by atoms with Gasteiger partial charge in [0.25, 0.3) is 0 Å². The zero-order valence-electron chi connectivity index (χ0n) is 14.7. The number of aliphatic imine (C=N–C) groups is 1. The zero-order chi connectivity index (χ0) is 17.2. The molecule has 25 heavy (non-hydrogen) atoms. The molecule has 0 atom stereocenters. The largest absolute Gasteiger partial charge is 0.354 e. The maximum Gasteiger partial charge on any atom is 0.0686 e. The highest BCUT2D eigenvalue weighted by Crippen LogP contribution is 2.33. The summed E-state index contributed by atoms with van der Waals surface area (Å²) in [4.78, 5) is 8.63. The summed E-state index contributed by atoms with van der Waals surface area (Å²) in [6, 6.07) is 23.3. The maximum absolute atomic E-state index is 5.04. The molecule has 3 aromatic carbocycles. The molecule has 0 unspecified atom stereocenters. The number of rotatable bonds is 4. The fourth-order valence-electron chi connectivity index (χ4n) is 3.55. The molecule has 124 valence electrons. The summed E-state index contributed by atoms with van der Waals surface area (Å²) in [6.07, 6.45) is 1.87. The number of benzene rings is 3. The lowest BCUT2D eigenvalue weighted by atomic mass is 10.0. The van der Waals surface area contributed by atoms with Crippen LogP contribution in [0.1, 0.15) is 31.4 Å². The average molecular weight is 326 g/mol. The van der Waals surface area contributed by atoms with Gasteiger partial charge < -0.3 is 4.98 Å². The van der Waals surface area contributed by atoms with E-state index < -0.39 is 0 Å². The summed E-state index contributed by atoms with van der Waals surface area (Å²) in [7, 11) is 0. The van der Waals surface area contributed by atoms with Crippen molar-refractivity contribution in [2.24, 2.45) is 4.99 Å². The number of fused-ring (bicyclic) bond motifs is 3. The van der Waals surface area contributed by atoms with Gasteiger partial charge in [0, 0.05) is 27.6 Å². The van der Waals surface area contributed by atoms with Gasteiger partial charge in [-0.05, 0) is 30.5 Å². The molecule has 2 heteroatoms. The van der Waals surface area contributed by atoms with Gasteiger partial charge in [0.05, 0.1) is 11.2 Å². The van der Waals surface area contributed by atoms with Crippen LogP contribution in [0.15, 0.2) is 71.7 Å². The first-order valence-electron chi connectivity index (χ1n) is 8.97. The second kappa shape index (κ2) is 6.56. The third-order valence-corrected chi connectivity index (χ3v) is 4.82. The monoisotopic (exact) mass is 326 g/mol. The van der Waals surface area contributed by atoms with Crippen molar-refractivity contribution in [3.63, 3.8) is 0 Å². The fraction of sp³-hybridized carbons (Fsp3) is 0.174. The van der Waals surface area contributed by atoms with Gasteiger partial charge in [0.1, 0.15) is 0 Å². The molecule has 0 aliphatic carbocycles. The van der Waals surface area contributed by atoms with Crippen LogP contribution in [0.4, 0.5) is 5.69 Å². The minimum atomic E-state index is 0.915. The lowest BCUT2D eigenvalue weighted by Crippen LogP contribution is -1.98. The Hall–Kier alpha value is -2.87. The first-order valence-corrected chi connectivity index (χ1v) is 8.97. The molecule has 2 nitrogen and oxygen atoms in total. The van der Waals surface area contributed by atoms with Crippen LogP contribution >= 0.6 is 0 Å². The van der Waals surface area contributed by atoms with E-state index in [1.54, 1.807) is 0 Å². The Balaban J connectivity index is 1.92. The first kappa shape index (κ1) is 15.6. The molecule has 0 saturated heterocycles. The number of para-hydroxylation sites is 1. The fourth-order valence-corrected chi connectivity index (χ4v) is 3.55. The number of aromatic amines is 1. The molecule has 0 aliphatic heterocycles. The van der Waals surface area contributed by atoms with Gasteiger partial charge in [-0.2, -0.15) is 0 Å². The third-order valence-electron chi connectivity index (χ3n) is 4.82. The maximum atomic E-state index is 5.04. The number of hydrogen-bond acceptors (Lipinski definition) is 1. The standard InChI is InChI=1S/C23H22N2/c1-3-17-22(24-20(4-2)16-10-6-5-7-11-16)15-14-19-18-12-8-9-13-21(18)25-23(17)19/h5-15,25H,3-4H2,1-2H3. The van der Waals surface area contributed by atoms with Crippen molar-refractivity contribution < 1.29 is 0 Å². The van der Waals surface area contributed by atoms with Crippen molar-refractivity contribution in [2.75, 3.05) is 0 Å². The van der Waals surface area contributed by atoms with Crippen LogP contribution in [0.25, 0.3) is 21.8 Å². The van der Waals surface area contributed by atoms with Gasteiger partial charge in [0.15, 0.2) is 0 Å². The molecule has 0 spiro atoms. The summed E-state index contributed by atoms with van der Waals surface area (Å²) in [6.45, 7) is 4.37. The lowest BCUT2D eigenvalue weighted by molar-refractivity contribution is 1.14. The molecule has 0 radical (unpaired) electrons. The van der Waals surface area contributed by atoms with Gasteiger partial charge in [-0.3, -0.25) is 4.99 Å². The highest BCUT2D eigenvalue weighted by molar-refractivity contribution is 6.10. The molecule has 1 N–H and O–H groups in total. The van der Waals surface area contributed by atoms with E-state index in [2.05, 4.69) is 79.5 Å². The van der Waals surface area contributed by atoms with Crippen molar-refractivity contribution in [1.82, 2.24) is 4.98 Å². The van der Waals surface area contributed by atoms with Crippen LogP contribution in [0.3, 0.4) is 0 Å². The Labute approximate surface area is 148 Å². The minimum absolute atomic E-state index is 0.915. The number of aryl methyl sites for hydroxylation is 1. The molecular weight excluding hydrogens is 304 g/mol. The van der Waals surface area contributed by atoms with Crippen LogP contribution in [0, 0.1) is 0 Å². The Morgan fingerprint density at radius 1 is 0.840 bits per heavy atom. The number of aromatic nitrogens is 1. The molecule has 0 saturated carbocycles. The van der Waals surface area contributed by atoms with Crippen molar-refractivity contribution in [2.45, 2.75) is 26.7 Å². The average Bonchev–Trinajstić information content (AvgIpc) is 3.05. The van der Waals surface area contributed by atoms with Crippen molar-refractivity contribution >= 4 is 33.2 Å². The smallest absolute Gasteiger partial charge is 0.0686 e. The molecule has 0 aliphatic rings. The van der Waals surface area contributed by atoms with Crippen LogP contribution < -0.4 is 0 Å². The molecule has 4 aromatic rings. The van der Waals surface area contributed by atoms with Crippen LogP contribution in [-0.2, 0) is 6.42 Å². The molecule has 1 aromatic heterocycles. The molecule has 0 amide bonds. The third kappa shape index (κ3) is 2.74. The van der Waals surface area contributed by atoms with Crippen molar-refractivity contribution in [1.29, 1.82) is 0 Å². The topological polar surface area (TPSA) is 28.1 Å². The summed E-state index contributed by atoms with van der Waals surface area (Å²) in [5.74, 6) is 0. The van der Waals surface area contributed by atoms with Crippen LogP contribution in [0.5, 0.6) is 0 Å². The van der Waals surface area contributed by atoms with E-state index in [1.807, 2.05) is 6.07 Å². The van der Waals surface area contributed by atoms with Gasteiger partial charge in [-0.25, -0.2) is 0 Å². The van der Waals surface area contributed by atoms with E-state index in [0.29, 0.717) is 0 Å². The predicted octanol–water partition coefficient (Wildman–Crippen LogP) is 6.41. The number of H-pyrrole nitrogens is 1. The van der Waals surface area contributed by atoms with E-state index in [1.165, 1.54) is 32.9 Å². The summed E-state index contributed by atoms with van der Waals surface area (Å²) < 4.78 is 0. The zero-order valence-corrected chi connectivity index (χ0v) is 14.7. The Kier molecular flexibility index (Phi) is 4.10. The summed E-state index contributed by atoms with van der Waals surface area (Å²) >= 11 is 0. The second-order valence-electron chi connectivity index (χ2n) is 6.29. The Morgan fingerprint density at radius 3 is 2.36 bits per heavy atom. The molecule has 0 bridgehead atoms. The van der Waals surface area contributed by atoms with E-state index in [4.69, 9.17) is 4.99 Å². The van der Waals surface area contributed by atoms with Crippen molar-refractivity contribution in [3.05, 3.63) is 77.9 Å². The molecular formula is C23H22N2. The van der Waals surface area contributed by atoms with Gasteiger partial charge >= 0.3 is 0 Å². The second-order valence-corrected chi connectivity index (χ2v) is 6.29. The molecule has 1 heterocycles. The Bertz CT molecular complexity index is 1060. The SMILES string of the molecule is CCC(=Nc1ccc2c([nH]c3ccccc32)c1CC)c1ccccc1. The van der Waals surface area contributed by atoms with Gasteiger partial charge in [-0.15, -0.1) is 0 Å². The molecule has 4 rings (SSSR count). The highest BCUT2D eigenvalue weighted by Gasteiger charge is 2.11. The summed E-state index contributed by atoms with van der Waals surface area (Å²) in [5, 5.41) is 2.56. The number of nitrogens with zero attached hydrogens (tertiary/aromatic N) is 1. The van der Waals surface area contributed by atoms with E-state index in [-0.39, 0.29) is 0 Å². The lowest BCUT2D eigenvalue weighted by Gasteiger charge is -2.09. The quantitative estimate of drug-likeness (QED) is 0.419. The van der Waals surface area contributed by atoms with Crippen molar-refractivity contribution in [3.8, 4) is 0 Å². The minimum Gasteiger partial charge on any atom is -0.354 e. The van der Waals surface area contributed by atoms with Gasteiger partial charge in [0.2, 0.25) is 0 Å². The normalized spacial score (nSPS) is 12.2. The summed E-state index contributed by atoms with van der Waals surface area (Å²) in [5.41, 5.74) is 7.09. The highest BCUT2D eigenvalue weighted by atomic mass is 14.8. The number of hydrogen-bond donors (Lipinski definition) is 1. The van der Waals surface area contributed by atoms with E-state index in [9.17, 15) is 0 Å². The predicted molar refractivity (Wildman–Crippen MR) is 108 cm³/mol. The van der Waals surface area contributed by atoms with E-state index in [0.717, 1.165) is 24.2 Å². The van der Waals surface area contributed by atoms with E-state index >= 15 is 0 Å². The first-order chi connectivity index (χ1) is 12.3. The van der Waals surface area contributed by atoms with Crippen LogP contribution in [-0.4, -0.2) is 10.7 Å². The number of nitrogens with one attached hydrogen (secondary N) is 1.